The number of amides is 4. The fourth-order valence-electron chi connectivity index (χ4n) is 7.62. The highest BCUT2D eigenvalue weighted by Gasteiger charge is 2.42. The summed E-state index contributed by atoms with van der Waals surface area (Å²) < 4.78 is 11.6. The maximum absolute atomic E-state index is 13.9. The first kappa shape index (κ1) is 54.4. The first-order chi connectivity index (χ1) is 27.7. The lowest BCUT2D eigenvalue weighted by molar-refractivity contribution is -0.147. The topological polar surface area (TPSA) is 156 Å². The summed E-state index contributed by atoms with van der Waals surface area (Å²) in [4.78, 5) is 60.2. The van der Waals surface area contributed by atoms with Crippen molar-refractivity contribution >= 4 is 35.0 Å². The SMILES string of the molecule is C#C.C1=CC(CCc2nccs2)=CCC1.CC.CCC[C@H](NC(=O)[C@@H](NC)C(C)C)C(=O)N(C)[C@@H]([C@@H](C)CC)[C@@H](CC(=O)N1CCC[C@H]1[C@H](OC)[C@@H](C)C(N)=O)OC.[HH]. The molecule has 2 heterocycles. The molecule has 8 atom stereocenters. The van der Waals surface area contributed by atoms with Gasteiger partial charge in [-0.2, -0.15) is 0 Å². The lowest BCUT2D eigenvalue weighted by atomic mass is 9.89. The molecular formula is C45H80N6O6S. The molecule has 1 aromatic rings. The average molecular weight is 833 g/mol. The van der Waals surface area contributed by atoms with E-state index in [4.69, 9.17) is 15.2 Å². The smallest absolute Gasteiger partial charge is 0.245 e. The number of nitrogens with two attached hydrogens (primary N) is 1. The third-order valence-corrected chi connectivity index (χ3v) is 11.8. The number of aryl methyl sites for hydroxylation is 1. The highest BCUT2D eigenvalue weighted by molar-refractivity contribution is 7.09. The molecule has 1 saturated heterocycles. The highest BCUT2D eigenvalue weighted by Crippen LogP contribution is 2.29. The number of likely N-dealkylation sites (tertiary alicyclic amines) is 1. The van der Waals surface area contributed by atoms with Crippen LogP contribution >= 0.6 is 11.3 Å². The molecular weight excluding hydrogens is 753 g/mol. The van der Waals surface area contributed by atoms with Crippen molar-refractivity contribution in [3.05, 3.63) is 40.4 Å². The minimum Gasteiger partial charge on any atom is -0.379 e. The number of aromatic nitrogens is 1. The van der Waals surface area contributed by atoms with E-state index < -0.39 is 42.2 Å². The number of methoxy groups -OCH3 is 2. The summed E-state index contributed by atoms with van der Waals surface area (Å²) >= 11 is 1.75. The van der Waals surface area contributed by atoms with E-state index >= 15 is 0 Å². The second-order valence-corrected chi connectivity index (χ2v) is 16.0. The van der Waals surface area contributed by atoms with Gasteiger partial charge in [-0.25, -0.2) is 4.98 Å². The third-order valence-electron chi connectivity index (χ3n) is 10.9. The Labute approximate surface area is 357 Å². The van der Waals surface area contributed by atoms with Crippen LogP contribution in [0.1, 0.15) is 120 Å². The predicted octanol–water partition coefficient (Wildman–Crippen LogP) is 6.79. The van der Waals surface area contributed by atoms with Crippen molar-refractivity contribution in [2.75, 3.05) is 34.9 Å². The fourth-order valence-corrected chi connectivity index (χ4v) is 8.24. The lowest BCUT2D eigenvalue weighted by Gasteiger charge is -2.40. The van der Waals surface area contributed by atoms with Gasteiger partial charge in [0.15, 0.2) is 0 Å². The number of nitrogens with zero attached hydrogens (tertiary/aromatic N) is 3. The molecule has 3 rings (SSSR count). The summed E-state index contributed by atoms with van der Waals surface area (Å²) in [5, 5.41) is 9.30. The van der Waals surface area contributed by atoms with Gasteiger partial charge < -0.3 is 35.6 Å². The number of hydrogen-bond acceptors (Lipinski definition) is 9. The molecule has 0 aromatic carbocycles. The van der Waals surface area contributed by atoms with Crippen molar-refractivity contribution in [3.63, 3.8) is 0 Å². The van der Waals surface area contributed by atoms with Crippen LogP contribution in [0, 0.1) is 30.6 Å². The summed E-state index contributed by atoms with van der Waals surface area (Å²) in [5.74, 6) is -1.45. The Morgan fingerprint density at radius 2 is 1.76 bits per heavy atom. The van der Waals surface area contributed by atoms with Crippen LogP contribution in [-0.4, -0.2) is 110 Å². The zero-order valence-electron chi connectivity index (χ0n) is 37.8. The number of carbonyl (C=O) groups excluding carboxylic acids is 4. The quantitative estimate of drug-likeness (QED) is 0.114. The van der Waals surface area contributed by atoms with Crippen LogP contribution in [0.3, 0.4) is 0 Å². The van der Waals surface area contributed by atoms with Gasteiger partial charge in [-0.15, -0.1) is 24.2 Å². The summed E-state index contributed by atoms with van der Waals surface area (Å²) in [7, 11) is 6.57. The predicted molar refractivity (Wildman–Crippen MR) is 240 cm³/mol. The van der Waals surface area contributed by atoms with E-state index in [9.17, 15) is 19.2 Å². The number of thiazole rings is 1. The second-order valence-electron chi connectivity index (χ2n) is 15.0. The van der Waals surface area contributed by atoms with Gasteiger partial charge in [-0.3, -0.25) is 19.2 Å². The zero-order valence-corrected chi connectivity index (χ0v) is 38.6. The highest BCUT2D eigenvalue weighted by atomic mass is 32.1. The van der Waals surface area contributed by atoms with Crippen LogP contribution in [0.2, 0.25) is 0 Å². The summed E-state index contributed by atoms with van der Waals surface area (Å²) in [6.07, 6.45) is 23.9. The molecule has 0 saturated carbocycles. The van der Waals surface area contributed by atoms with Gasteiger partial charge in [-0.05, 0) is 57.4 Å². The lowest BCUT2D eigenvalue weighted by Crippen LogP contribution is -2.58. The van der Waals surface area contributed by atoms with Crippen LogP contribution in [-0.2, 0) is 35.1 Å². The fraction of sp³-hybridized carbons (Fsp3) is 0.711. The molecule has 0 spiro atoms. The van der Waals surface area contributed by atoms with Crippen molar-refractivity contribution in [1.29, 1.82) is 0 Å². The van der Waals surface area contributed by atoms with Gasteiger partial charge in [-0.1, -0.05) is 92.0 Å². The first-order valence-corrected chi connectivity index (χ1v) is 22.1. The molecule has 0 bridgehead atoms. The summed E-state index contributed by atoms with van der Waals surface area (Å²) in [6, 6.07) is -1.76. The van der Waals surface area contributed by atoms with E-state index in [0.29, 0.717) is 13.0 Å². The van der Waals surface area contributed by atoms with Gasteiger partial charge in [0.1, 0.15) is 6.04 Å². The molecule has 4 amide bonds. The summed E-state index contributed by atoms with van der Waals surface area (Å²) in [6.45, 7) is 16.3. The number of primary amides is 1. The van der Waals surface area contributed by atoms with E-state index in [1.807, 2.05) is 60.0 Å². The Bertz CT molecular complexity index is 1410. The first-order valence-electron chi connectivity index (χ1n) is 21.2. The second kappa shape index (κ2) is 30.5. The van der Waals surface area contributed by atoms with E-state index in [-0.39, 0.29) is 43.4 Å². The maximum atomic E-state index is 13.9. The number of hydrogen-bond donors (Lipinski definition) is 3. The Morgan fingerprint density at radius 1 is 1.09 bits per heavy atom. The van der Waals surface area contributed by atoms with Gasteiger partial charge in [0.2, 0.25) is 23.6 Å². The van der Waals surface area contributed by atoms with Gasteiger partial charge >= 0.3 is 0 Å². The molecule has 4 N–H and O–H groups in total. The molecule has 1 aliphatic heterocycles. The van der Waals surface area contributed by atoms with Crippen molar-refractivity contribution in [3.8, 4) is 12.8 Å². The van der Waals surface area contributed by atoms with E-state index in [2.05, 4.69) is 46.7 Å². The summed E-state index contributed by atoms with van der Waals surface area (Å²) in [5.41, 5.74) is 7.03. The van der Waals surface area contributed by atoms with Crippen LogP contribution in [0.15, 0.2) is 35.4 Å². The maximum Gasteiger partial charge on any atom is 0.245 e. The number of terminal acetylenes is 1. The van der Waals surface area contributed by atoms with E-state index in [0.717, 1.165) is 38.5 Å². The molecule has 12 nitrogen and oxygen atoms in total. The van der Waals surface area contributed by atoms with Crippen molar-refractivity contribution in [1.82, 2.24) is 25.4 Å². The molecule has 0 radical (unpaired) electrons. The van der Waals surface area contributed by atoms with Crippen molar-refractivity contribution < 1.29 is 30.1 Å². The van der Waals surface area contributed by atoms with E-state index in [1.54, 1.807) is 49.3 Å². The number of ether oxygens (including phenoxy) is 2. The Balaban J connectivity index is 0. The largest absolute Gasteiger partial charge is 0.379 e. The zero-order chi connectivity index (χ0) is 44.4. The number of rotatable bonds is 21. The Morgan fingerprint density at radius 3 is 2.24 bits per heavy atom. The Kier molecular flexibility index (Phi) is 28.6. The molecule has 2 aliphatic rings. The molecule has 332 valence electrons. The Hall–Kier alpha value is -3.57. The van der Waals surface area contributed by atoms with Crippen molar-refractivity contribution in [2.45, 2.75) is 156 Å². The van der Waals surface area contributed by atoms with Gasteiger partial charge in [0.25, 0.3) is 0 Å². The number of likely N-dealkylation sites (N-methyl/N-ethyl adjacent to an activating group) is 2. The number of nitrogens with one attached hydrogen (secondary N) is 2. The van der Waals surface area contributed by atoms with E-state index in [1.165, 1.54) is 30.5 Å². The molecule has 13 heteroatoms. The van der Waals surface area contributed by atoms with Crippen LogP contribution < -0.4 is 16.4 Å². The monoisotopic (exact) mass is 833 g/mol. The third kappa shape index (κ3) is 17.3. The molecule has 58 heavy (non-hydrogen) atoms. The number of allylic oxidation sites excluding steroid dienone is 4. The minimum absolute atomic E-state index is 0. The van der Waals surface area contributed by atoms with Crippen LogP contribution in [0.25, 0.3) is 0 Å². The normalized spacial score (nSPS) is 18.2. The van der Waals surface area contributed by atoms with Gasteiger partial charge in [0.05, 0.1) is 47.7 Å². The molecule has 0 unspecified atom stereocenters. The molecule has 1 fully saturated rings. The molecule has 1 aromatic heterocycles. The van der Waals surface area contributed by atoms with Crippen LogP contribution in [0.5, 0.6) is 0 Å². The number of carbonyl (C=O) groups is 4. The van der Waals surface area contributed by atoms with Crippen LogP contribution in [0.4, 0.5) is 0 Å². The average Bonchev–Trinajstić information content (AvgIpc) is 3.95. The van der Waals surface area contributed by atoms with Gasteiger partial charge in [0, 0.05) is 47.2 Å². The molecule has 1 aliphatic carbocycles. The van der Waals surface area contributed by atoms with Crippen molar-refractivity contribution in [2.24, 2.45) is 23.5 Å². The standard InChI is InChI=1S/C30H57N5O6.C11H13NS.C2H6.C2H2.H2/c1-11-14-21(33-29(38)25(32-7)18(3)4)30(39)34(8)26(19(5)12-2)23(40-9)17-24(36)35-16-13-15-22(35)27(41-10)20(6)28(31)37;1-2-4-10(5-3-1)6-7-11-12-8-9-13-11;2*1-2;/h18-23,25-27,32H,11-17H2,1-10H3,(H2,31,37)(H,33,38);2,4-5,8-9H,1,3,6-7H2;1-2H3;1-2H;1H/t19-,20+,21-,22-,23+,25-,26-,27+;;;;/m0..../s1. The minimum atomic E-state index is -0.687.